The van der Waals surface area contributed by atoms with Gasteiger partial charge >= 0.3 is 11.9 Å². The smallest absolute Gasteiger partial charge is 0.357 e. The van der Waals surface area contributed by atoms with Crippen molar-refractivity contribution in [1.29, 1.82) is 0 Å². The predicted octanol–water partition coefficient (Wildman–Crippen LogP) is 4.72. The first kappa shape index (κ1) is 20.0. The number of thiazole rings is 1. The van der Waals surface area contributed by atoms with Crippen LogP contribution in [0.5, 0.6) is 0 Å². The molecule has 2 aromatic heterocycles. The van der Waals surface area contributed by atoms with Gasteiger partial charge < -0.3 is 10.2 Å². The van der Waals surface area contributed by atoms with E-state index in [1.807, 2.05) is 32.9 Å². The normalized spacial score (nSPS) is 11.6. The maximum absolute atomic E-state index is 11.5. The molecule has 0 aliphatic heterocycles. The molecule has 0 saturated heterocycles. The fourth-order valence-corrected chi connectivity index (χ4v) is 4.61. The number of hydrogen-bond acceptors (Lipinski definition) is 5. The molecule has 0 spiro atoms. The first-order valence-corrected chi connectivity index (χ1v) is 10.4. The lowest BCUT2D eigenvalue weighted by Crippen LogP contribution is -2.05. The lowest BCUT2D eigenvalue weighted by atomic mass is 10.0. The van der Waals surface area contributed by atoms with Crippen molar-refractivity contribution >= 4 is 44.4 Å². The van der Waals surface area contributed by atoms with Crippen molar-refractivity contribution in [3.63, 3.8) is 0 Å². The Morgan fingerprint density at radius 1 is 1.10 bits per heavy atom. The highest BCUT2D eigenvalue weighted by Gasteiger charge is 2.18. The number of aromatic carboxylic acids is 2. The number of aromatic nitrogens is 3. The van der Waals surface area contributed by atoms with Crippen molar-refractivity contribution in [3.8, 4) is 0 Å². The quantitative estimate of drug-likeness (QED) is 0.465. The second kappa shape index (κ2) is 7.53. The van der Waals surface area contributed by atoms with Crippen LogP contribution in [0.2, 0.25) is 0 Å². The fourth-order valence-electron chi connectivity index (χ4n) is 3.69. The van der Waals surface area contributed by atoms with Crippen LogP contribution in [0.1, 0.15) is 56.9 Å². The third-order valence-electron chi connectivity index (χ3n) is 5.07. The summed E-state index contributed by atoms with van der Waals surface area (Å²) in [7, 11) is 0. The van der Waals surface area contributed by atoms with Gasteiger partial charge in [0.05, 0.1) is 26.3 Å². The minimum absolute atomic E-state index is 0.0284. The van der Waals surface area contributed by atoms with E-state index < -0.39 is 11.9 Å². The molecule has 8 heteroatoms. The monoisotopic (exact) mass is 423 g/mol. The summed E-state index contributed by atoms with van der Waals surface area (Å²) in [6, 6.07) is 9.08. The van der Waals surface area contributed by atoms with E-state index in [9.17, 15) is 19.8 Å². The van der Waals surface area contributed by atoms with Gasteiger partial charge in [-0.25, -0.2) is 14.6 Å². The standard InChI is InChI=1S/C22H21N3O4S/c1-11(2)25-17-8-13(5-7-16(17)20(24-25)22(28)29)4-6-14-9-15(21(26)27)10-18-19(14)23-12(3)30-18/h5,7-11H,4,6H2,1-3H3,(H,26,27)(H,28,29). The molecule has 2 N–H and O–H groups in total. The van der Waals surface area contributed by atoms with E-state index >= 15 is 0 Å². The molecular formula is C22H21N3O4S. The minimum Gasteiger partial charge on any atom is -0.478 e. The maximum atomic E-state index is 11.5. The molecular weight excluding hydrogens is 402 g/mol. The first-order chi connectivity index (χ1) is 14.2. The highest BCUT2D eigenvalue weighted by Crippen LogP contribution is 2.28. The molecule has 0 atom stereocenters. The number of rotatable bonds is 6. The number of nitrogens with zero attached hydrogens (tertiary/aromatic N) is 3. The lowest BCUT2D eigenvalue weighted by molar-refractivity contribution is 0.0683. The van der Waals surface area contributed by atoms with E-state index in [-0.39, 0.29) is 17.3 Å². The SMILES string of the molecule is Cc1nc2c(CCc3ccc4c(C(=O)O)nn(C(C)C)c4c3)cc(C(=O)O)cc2s1. The molecule has 2 aromatic carbocycles. The van der Waals surface area contributed by atoms with Gasteiger partial charge in [-0.3, -0.25) is 4.68 Å². The van der Waals surface area contributed by atoms with Gasteiger partial charge in [-0.1, -0.05) is 12.1 Å². The average Bonchev–Trinajstić information content (AvgIpc) is 3.25. The molecule has 0 fully saturated rings. The fraction of sp³-hybridized carbons (Fsp3) is 0.273. The lowest BCUT2D eigenvalue weighted by Gasteiger charge is -2.09. The van der Waals surface area contributed by atoms with E-state index in [1.165, 1.54) is 11.3 Å². The van der Waals surface area contributed by atoms with Crippen molar-refractivity contribution in [3.05, 3.63) is 57.7 Å². The topological polar surface area (TPSA) is 105 Å². The summed E-state index contributed by atoms with van der Waals surface area (Å²) in [6.45, 7) is 5.84. The summed E-state index contributed by atoms with van der Waals surface area (Å²) >= 11 is 1.49. The van der Waals surface area contributed by atoms with Gasteiger partial charge in [-0.2, -0.15) is 5.10 Å². The van der Waals surface area contributed by atoms with Crippen LogP contribution in [0.3, 0.4) is 0 Å². The highest BCUT2D eigenvalue weighted by molar-refractivity contribution is 7.18. The van der Waals surface area contributed by atoms with Gasteiger partial charge in [0.2, 0.25) is 0 Å². The van der Waals surface area contributed by atoms with Crippen LogP contribution in [-0.2, 0) is 12.8 Å². The molecule has 0 aliphatic carbocycles. The van der Waals surface area contributed by atoms with E-state index in [4.69, 9.17) is 0 Å². The molecule has 4 aromatic rings. The first-order valence-electron chi connectivity index (χ1n) is 9.62. The Labute approximate surface area is 176 Å². The van der Waals surface area contributed by atoms with Crippen LogP contribution in [0.15, 0.2) is 30.3 Å². The van der Waals surface area contributed by atoms with Gasteiger partial charge in [0, 0.05) is 11.4 Å². The Balaban J connectivity index is 1.71. The molecule has 0 unspecified atom stereocenters. The Hall–Kier alpha value is -3.26. The zero-order chi connectivity index (χ0) is 21.6. The molecule has 30 heavy (non-hydrogen) atoms. The van der Waals surface area contributed by atoms with Crippen molar-refractivity contribution < 1.29 is 19.8 Å². The minimum atomic E-state index is -1.04. The van der Waals surface area contributed by atoms with Crippen molar-refractivity contribution in [1.82, 2.24) is 14.8 Å². The zero-order valence-corrected chi connectivity index (χ0v) is 17.7. The Morgan fingerprint density at radius 2 is 1.87 bits per heavy atom. The molecule has 154 valence electrons. The molecule has 0 radical (unpaired) electrons. The van der Waals surface area contributed by atoms with Crippen LogP contribution in [0.25, 0.3) is 21.1 Å². The maximum Gasteiger partial charge on any atom is 0.357 e. The Bertz CT molecular complexity index is 1300. The Morgan fingerprint density at radius 3 is 2.53 bits per heavy atom. The van der Waals surface area contributed by atoms with E-state index in [2.05, 4.69) is 10.1 Å². The largest absolute Gasteiger partial charge is 0.478 e. The molecule has 0 amide bonds. The zero-order valence-electron chi connectivity index (χ0n) is 16.8. The van der Waals surface area contributed by atoms with Gasteiger partial charge in [-0.05, 0) is 62.9 Å². The van der Waals surface area contributed by atoms with Crippen LogP contribution < -0.4 is 0 Å². The molecule has 4 rings (SSSR count). The Kier molecular flexibility index (Phi) is 5.03. The highest BCUT2D eigenvalue weighted by atomic mass is 32.1. The van der Waals surface area contributed by atoms with Crippen molar-refractivity contribution in [2.45, 2.75) is 39.7 Å². The molecule has 7 nitrogen and oxygen atoms in total. The van der Waals surface area contributed by atoms with Crippen LogP contribution in [0.4, 0.5) is 0 Å². The number of benzene rings is 2. The van der Waals surface area contributed by atoms with Gasteiger partial charge in [-0.15, -0.1) is 11.3 Å². The number of carbonyl (C=O) groups is 2. The van der Waals surface area contributed by atoms with Crippen molar-refractivity contribution in [2.24, 2.45) is 0 Å². The summed E-state index contributed by atoms with van der Waals surface area (Å²) in [6.07, 6.45) is 1.31. The number of fused-ring (bicyclic) bond motifs is 2. The van der Waals surface area contributed by atoms with Gasteiger partial charge in [0.25, 0.3) is 0 Å². The van der Waals surface area contributed by atoms with Crippen LogP contribution in [-0.4, -0.2) is 36.9 Å². The number of hydrogen-bond donors (Lipinski definition) is 2. The van der Waals surface area contributed by atoms with Gasteiger partial charge in [0.15, 0.2) is 5.69 Å². The summed E-state index contributed by atoms with van der Waals surface area (Å²) in [5.74, 6) is -1.99. The van der Waals surface area contributed by atoms with Crippen molar-refractivity contribution in [2.75, 3.05) is 0 Å². The third-order valence-corrected chi connectivity index (χ3v) is 5.99. The van der Waals surface area contributed by atoms with Crippen LogP contribution in [0, 0.1) is 6.92 Å². The molecule has 2 heterocycles. The molecule has 0 saturated carbocycles. The summed E-state index contributed by atoms with van der Waals surface area (Å²) < 4.78 is 2.61. The van der Waals surface area contributed by atoms with Crippen LogP contribution >= 0.6 is 11.3 Å². The summed E-state index contributed by atoms with van der Waals surface area (Å²) in [4.78, 5) is 27.6. The molecule has 0 bridgehead atoms. The van der Waals surface area contributed by atoms with E-state index in [0.717, 1.165) is 31.9 Å². The molecule has 0 aliphatic rings. The van der Waals surface area contributed by atoms with Gasteiger partial charge in [0.1, 0.15) is 0 Å². The average molecular weight is 423 g/mol. The second-order valence-corrected chi connectivity index (χ2v) is 8.80. The second-order valence-electron chi connectivity index (χ2n) is 7.56. The number of carboxylic acid groups (broad SMARTS) is 2. The van der Waals surface area contributed by atoms with E-state index in [1.54, 1.807) is 22.9 Å². The summed E-state index contributed by atoms with van der Waals surface area (Å²) in [5, 5.41) is 24.7. The third kappa shape index (κ3) is 3.54. The summed E-state index contributed by atoms with van der Waals surface area (Å²) in [5.41, 5.74) is 3.89. The van der Waals surface area contributed by atoms with E-state index in [0.29, 0.717) is 18.2 Å². The number of aryl methyl sites for hydroxylation is 3. The number of carboxylic acids is 2. The predicted molar refractivity (Wildman–Crippen MR) is 116 cm³/mol.